The Bertz CT molecular complexity index is 447. The van der Waals surface area contributed by atoms with Crippen LogP contribution in [0.3, 0.4) is 0 Å². The van der Waals surface area contributed by atoms with E-state index in [-0.39, 0.29) is 17.9 Å². The summed E-state index contributed by atoms with van der Waals surface area (Å²) in [7, 11) is 0. The number of benzene rings is 1. The van der Waals surface area contributed by atoms with Gasteiger partial charge in [-0.25, -0.2) is 0 Å². The zero-order chi connectivity index (χ0) is 13.1. The number of nitrogens with one attached hydrogen (secondary N) is 1. The molecule has 0 saturated heterocycles. The van der Waals surface area contributed by atoms with E-state index in [0.29, 0.717) is 0 Å². The summed E-state index contributed by atoms with van der Waals surface area (Å²) in [6.45, 7) is 2.02. The number of hydrogen-bond donors (Lipinski definition) is 2. The van der Waals surface area contributed by atoms with Crippen molar-refractivity contribution in [3.05, 3.63) is 27.3 Å². The smallest absolute Gasteiger partial charge is 0.227 e. The van der Waals surface area contributed by atoms with Gasteiger partial charge in [-0.3, -0.25) is 4.79 Å². The summed E-state index contributed by atoms with van der Waals surface area (Å²) in [5.74, 6) is 0.196. The molecule has 1 fully saturated rings. The van der Waals surface area contributed by atoms with Gasteiger partial charge in [0.2, 0.25) is 5.91 Å². The van der Waals surface area contributed by atoms with E-state index in [4.69, 9.17) is 5.73 Å². The van der Waals surface area contributed by atoms with Crippen molar-refractivity contribution in [1.29, 1.82) is 0 Å². The highest BCUT2D eigenvalue weighted by Gasteiger charge is 2.25. The molecule has 1 aromatic carbocycles. The zero-order valence-electron chi connectivity index (χ0n) is 10.6. The molecule has 2 rings (SSSR count). The number of rotatable bonds is 2. The van der Waals surface area contributed by atoms with Crippen LogP contribution in [0.1, 0.15) is 31.2 Å². The molecule has 1 amide bonds. The molecule has 1 saturated carbocycles. The number of carbonyl (C=O) groups is 1. The second-order valence-corrected chi connectivity index (χ2v) is 6.32. The third-order valence-electron chi connectivity index (χ3n) is 3.53. The summed E-state index contributed by atoms with van der Waals surface area (Å²) in [4.78, 5) is 12.2. The minimum Gasteiger partial charge on any atom is -0.328 e. The van der Waals surface area contributed by atoms with Crippen LogP contribution in [0.2, 0.25) is 0 Å². The first-order valence-electron chi connectivity index (χ1n) is 6.39. The first-order chi connectivity index (χ1) is 8.56. The highest BCUT2D eigenvalue weighted by molar-refractivity contribution is 14.1. The normalized spacial score (nSPS) is 23.7. The number of anilines is 1. The molecule has 18 heavy (non-hydrogen) atoms. The molecule has 0 aliphatic heterocycles. The Morgan fingerprint density at radius 3 is 2.89 bits per heavy atom. The monoisotopic (exact) mass is 358 g/mol. The summed E-state index contributed by atoms with van der Waals surface area (Å²) >= 11 is 2.27. The molecule has 3 nitrogen and oxygen atoms in total. The van der Waals surface area contributed by atoms with Gasteiger partial charge in [0.15, 0.2) is 0 Å². The lowest BCUT2D eigenvalue weighted by Gasteiger charge is -2.25. The predicted octanol–water partition coefficient (Wildman–Crippen LogP) is 3.06. The van der Waals surface area contributed by atoms with Gasteiger partial charge in [-0.15, -0.1) is 0 Å². The third-order valence-corrected chi connectivity index (χ3v) is 4.20. The molecule has 0 aromatic heterocycles. The largest absolute Gasteiger partial charge is 0.328 e. The molecule has 3 N–H and O–H groups in total. The van der Waals surface area contributed by atoms with Crippen molar-refractivity contribution in [3.8, 4) is 0 Å². The first kappa shape index (κ1) is 13.8. The van der Waals surface area contributed by atoms with Crippen LogP contribution in [-0.2, 0) is 4.79 Å². The van der Waals surface area contributed by atoms with Gasteiger partial charge < -0.3 is 11.1 Å². The maximum Gasteiger partial charge on any atom is 0.227 e. The van der Waals surface area contributed by atoms with E-state index in [1.165, 1.54) is 3.57 Å². The quantitative estimate of drug-likeness (QED) is 0.799. The summed E-state index contributed by atoms with van der Waals surface area (Å²) in [5, 5.41) is 3.03. The van der Waals surface area contributed by atoms with Crippen LogP contribution in [0.25, 0.3) is 0 Å². The summed E-state index contributed by atoms with van der Waals surface area (Å²) in [6.07, 6.45) is 3.88. The highest BCUT2D eigenvalue weighted by atomic mass is 127. The van der Waals surface area contributed by atoms with Crippen molar-refractivity contribution in [3.63, 3.8) is 0 Å². The average Bonchev–Trinajstić information content (AvgIpc) is 2.32. The molecular weight excluding hydrogens is 339 g/mol. The van der Waals surface area contributed by atoms with Gasteiger partial charge in [0.25, 0.3) is 0 Å². The molecule has 1 aliphatic carbocycles. The Balaban J connectivity index is 2.02. The Morgan fingerprint density at radius 2 is 2.22 bits per heavy atom. The van der Waals surface area contributed by atoms with Gasteiger partial charge in [-0.2, -0.15) is 0 Å². The molecule has 0 bridgehead atoms. The fourth-order valence-electron chi connectivity index (χ4n) is 2.47. The molecule has 1 aliphatic rings. The van der Waals surface area contributed by atoms with E-state index in [9.17, 15) is 4.79 Å². The van der Waals surface area contributed by atoms with E-state index in [1.54, 1.807) is 0 Å². The van der Waals surface area contributed by atoms with Crippen molar-refractivity contribution in [2.24, 2.45) is 11.7 Å². The van der Waals surface area contributed by atoms with Gasteiger partial charge in [0.1, 0.15) is 0 Å². The molecule has 4 heteroatoms. The molecule has 0 heterocycles. The Hall–Kier alpha value is -0.620. The lowest BCUT2D eigenvalue weighted by molar-refractivity contribution is -0.120. The van der Waals surface area contributed by atoms with Gasteiger partial charge in [0, 0.05) is 21.2 Å². The number of amides is 1. The van der Waals surface area contributed by atoms with Crippen LogP contribution < -0.4 is 11.1 Å². The van der Waals surface area contributed by atoms with E-state index in [0.717, 1.165) is 36.9 Å². The molecular formula is C14H19IN2O. The summed E-state index contributed by atoms with van der Waals surface area (Å²) in [6, 6.07) is 6.24. The van der Waals surface area contributed by atoms with Crippen molar-refractivity contribution in [2.45, 2.75) is 38.6 Å². The third kappa shape index (κ3) is 3.45. The maximum atomic E-state index is 12.2. The topological polar surface area (TPSA) is 55.1 Å². The van der Waals surface area contributed by atoms with Crippen LogP contribution in [0.15, 0.2) is 18.2 Å². The number of halogens is 1. The van der Waals surface area contributed by atoms with E-state index >= 15 is 0 Å². The van der Waals surface area contributed by atoms with E-state index < -0.39 is 0 Å². The van der Waals surface area contributed by atoms with Crippen LogP contribution in [-0.4, -0.2) is 11.9 Å². The minimum atomic E-state index is 0.0763. The summed E-state index contributed by atoms with van der Waals surface area (Å²) in [5.41, 5.74) is 7.95. The molecule has 0 radical (unpaired) electrons. The Labute approximate surface area is 122 Å². The van der Waals surface area contributed by atoms with Crippen LogP contribution in [0, 0.1) is 16.4 Å². The summed E-state index contributed by atoms with van der Waals surface area (Å²) < 4.78 is 1.18. The van der Waals surface area contributed by atoms with E-state index in [1.807, 2.05) is 19.1 Å². The molecule has 0 spiro atoms. The lowest BCUT2D eigenvalue weighted by Crippen LogP contribution is -2.34. The molecule has 2 atom stereocenters. The second kappa shape index (κ2) is 6.02. The molecule has 1 aromatic rings. The SMILES string of the molecule is Cc1cc(I)ccc1NC(=O)C1CCCC(N)C1. The van der Waals surface area contributed by atoms with Gasteiger partial charge in [0.05, 0.1) is 0 Å². The first-order valence-corrected chi connectivity index (χ1v) is 7.46. The van der Waals surface area contributed by atoms with Gasteiger partial charge >= 0.3 is 0 Å². The molecule has 98 valence electrons. The van der Waals surface area contributed by atoms with Crippen molar-refractivity contribution >= 4 is 34.2 Å². The minimum absolute atomic E-state index is 0.0763. The predicted molar refractivity (Wildman–Crippen MR) is 82.5 cm³/mol. The van der Waals surface area contributed by atoms with Crippen molar-refractivity contribution < 1.29 is 4.79 Å². The van der Waals surface area contributed by atoms with Crippen LogP contribution in [0.5, 0.6) is 0 Å². The van der Waals surface area contributed by atoms with Gasteiger partial charge in [-0.1, -0.05) is 6.42 Å². The average molecular weight is 358 g/mol. The van der Waals surface area contributed by atoms with Crippen LogP contribution in [0.4, 0.5) is 5.69 Å². The van der Waals surface area contributed by atoms with Crippen LogP contribution >= 0.6 is 22.6 Å². The fraction of sp³-hybridized carbons (Fsp3) is 0.500. The number of hydrogen-bond acceptors (Lipinski definition) is 2. The maximum absolute atomic E-state index is 12.2. The highest BCUT2D eigenvalue weighted by Crippen LogP contribution is 2.25. The van der Waals surface area contributed by atoms with Gasteiger partial charge in [-0.05, 0) is 72.5 Å². The second-order valence-electron chi connectivity index (χ2n) is 5.07. The fourth-order valence-corrected chi connectivity index (χ4v) is 3.11. The Kier molecular flexibility index (Phi) is 4.61. The van der Waals surface area contributed by atoms with E-state index in [2.05, 4.69) is 34.0 Å². The lowest BCUT2D eigenvalue weighted by atomic mass is 9.85. The number of aryl methyl sites for hydroxylation is 1. The zero-order valence-corrected chi connectivity index (χ0v) is 12.7. The Morgan fingerprint density at radius 1 is 1.44 bits per heavy atom. The standard InChI is InChI=1S/C14H19IN2O/c1-9-7-11(15)5-6-13(9)17-14(18)10-3-2-4-12(16)8-10/h5-7,10,12H,2-4,8,16H2,1H3,(H,17,18). The number of nitrogens with two attached hydrogens (primary N) is 1. The van der Waals surface area contributed by atoms with Crippen molar-refractivity contribution in [1.82, 2.24) is 0 Å². The molecule has 2 unspecified atom stereocenters. The number of carbonyl (C=O) groups excluding carboxylic acids is 1. The van der Waals surface area contributed by atoms with Crippen molar-refractivity contribution in [2.75, 3.05) is 5.32 Å².